The number of halogens is 4. The van der Waals surface area contributed by atoms with Crippen molar-refractivity contribution >= 4 is 23.4 Å². The van der Waals surface area contributed by atoms with Gasteiger partial charge in [-0.25, -0.2) is 4.79 Å². The molecule has 1 aliphatic rings. The zero-order valence-electron chi connectivity index (χ0n) is 14.0. The molecular weight excluding hydrogens is 381 g/mol. The van der Waals surface area contributed by atoms with Crippen LogP contribution in [-0.2, 0) is 6.18 Å². The topological polar surface area (TPSA) is 58.2 Å². The van der Waals surface area contributed by atoms with Crippen LogP contribution < -0.4 is 10.6 Å². The van der Waals surface area contributed by atoms with Crippen molar-refractivity contribution in [2.75, 3.05) is 0 Å². The Balaban J connectivity index is 2.01. The Morgan fingerprint density at radius 1 is 1.04 bits per heavy atom. The van der Waals surface area contributed by atoms with Crippen molar-refractivity contribution in [2.24, 2.45) is 0 Å². The molecule has 0 fully saturated rings. The van der Waals surface area contributed by atoms with Gasteiger partial charge in [0.25, 0.3) is 0 Å². The van der Waals surface area contributed by atoms with Gasteiger partial charge < -0.3 is 10.6 Å². The molecule has 1 atom stereocenters. The quantitative estimate of drug-likeness (QED) is 0.730. The number of benzene rings is 2. The Kier molecular flexibility index (Phi) is 4.97. The van der Waals surface area contributed by atoms with Crippen molar-refractivity contribution in [2.45, 2.75) is 19.1 Å². The van der Waals surface area contributed by atoms with Crippen LogP contribution in [0.2, 0.25) is 5.02 Å². The number of hydrogen-bond donors (Lipinski definition) is 2. The van der Waals surface area contributed by atoms with Crippen LogP contribution in [0.15, 0.2) is 59.8 Å². The fourth-order valence-corrected chi connectivity index (χ4v) is 2.99. The summed E-state index contributed by atoms with van der Waals surface area (Å²) >= 11 is 5.84. The van der Waals surface area contributed by atoms with Gasteiger partial charge in [-0.05, 0) is 48.9 Å². The van der Waals surface area contributed by atoms with Gasteiger partial charge in [0.2, 0.25) is 0 Å². The van der Waals surface area contributed by atoms with Gasteiger partial charge in [-0.15, -0.1) is 0 Å². The molecule has 0 radical (unpaired) electrons. The molecule has 8 heteroatoms. The molecule has 0 unspecified atom stereocenters. The molecule has 2 aromatic carbocycles. The lowest BCUT2D eigenvalue weighted by molar-refractivity contribution is -0.137. The molecule has 4 nitrogen and oxygen atoms in total. The number of carbonyl (C=O) groups excluding carboxylic acids is 2. The number of hydrogen-bond acceptors (Lipinski definition) is 2. The van der Waals surface area contributed by atoms with E-state index in [4.69, 9.17) is 11.6 Å². The molecule has 1 aliphatic heterocycles. The summed E-state index contributed by atoms with van der Waals surface area (Å²) in [5.41, 5.74) is 0.496. The first-order valence-corrected chi connectivity index (χ1v) is 8.30. The normalized spacial score (nSPS) is 17.4. The second-order valence-electron chi connectivity index (χ2n) is 6.03. The van der Waals surface area contributed by atoms with Gasteiger partial charge in [0, 0.05) is 21.9 Å². The Morgan fingerprint density at radius 3 is 2.19 bits per heavy atom. The molecule has 2 amide bonds. The Morgan fingerprint density at radius 2 is 1.63 bits per heavy atom. The van der Waals surface area contributed by atoms with Crippen LogP contribution in [-0.4, -0.2) is 11.8 Å². The Hall–Kier alpha value is -2.80. The van der Waals surface area contributed by atoms with Gasteiger partial charge >= 0.3 is 12.2 Å². The minimum atomic E-state index is -4.47. The van der Waals surface area contributed by atoms with Gasteiger partial charge in [0.1, 0.15) is 0 Å². The van der Waals surface area contributed by atoms with Crippen LogP contribution in [0.25, 0.3) is 0 Å². The molecular formula is C19H14ClF3N2O2. The van der Waals surface area contributed by atoms with Crippen molar-refractivity contribution in [3.8, 4) is 0 Å². The number of urea groups is 1. The fraction of sp³-hybridized carbons (Fsp3) is 0.158. The van der Waals surface area contributed by atoms with E-state index in [9.17, 15) is 22.8 Å². The smallest absolute Gasteiger partial charge is 0.327 e. The molecule has 0 spiro atoms. The second-order valence-corrected chi connectivity index (χ2v) is 6.46. The summed E-state index contributed by atoms with van der Waals surface area (Å²) in [4.78, 5) is 24.8. The predicted octanol–water partition coefficient (Wildman–Crippen LogP) is 4.87. The maximum Gasteiger partial charge on any atom is 0.416 e. The van der Waals surface area contributed by atoms with Gasteiger partial charge in [-0.2, -0.15) is 13.2 Å². The minimum absolute atomic E-state index is 0.247. The van der Waals surface area contributed by atoms with Crippen molar-refractivity contribution in [1.29, 1.82) is 0 Å². The van der Waals surface area contributed by atoms with Crippen molar-refractivity contribution in [1.82, 2.24) is 10.6 Å². The van der Waals surface area contributed by atoms with Crippen LogP contribution in [0.1, 0.15) is 34.5 Å². The molecule has 0 aliphatic carbocycles. The van der Waals surface area contributed by atoms with Crippen LogP contribution >= 0.6 is 11.6 Å². The summed E-state index contributed by atoms with van der Waals surface area (Å²) in [6, 6.07) is 9.15. The van der Waals surface area contributed by atoms with Crippen molar-refractivity contribution in [3.63, 3.8) is 0 Å². The van der Waals surface area contributed by atoms with E-state index in [1.54, 1.807) is 31.2 Å². The molecule has 0 aromatic heterocycles. The second kappa shape index (κ2) is 7.08. The monoisotopic (exact) mass is 394 g/mol. The van der Waals surface area contributed by atoms with Crippen LogP contribution in [0.4, 0.5) is 18.0 Å². The van der Waals surface area contributed by atoms with Gasteiger partial charge in [-0.1, -0.05) is 23.7 Å². The maximum atomic E-state index is 13.0. The van der Waals surface area contributed by atoms with Gasteiger partial charge in [0.15, 0.2) is 5.78 Å². The van der Waals surface area contributed by atoms with Crippen molar-refractivity contribution in [3.05, 3.63) is 81.5 Å². The molecule has 1 heterocycles. The largest absolute Gasteiger partial charge is 0.416 e. The fourth-order valence-electron chi connectivity index (χ4n) is 2.87. The van der Waals surface area contributed by atoms with E-state index in [0.29, 0.717) is 21.8 Å². The number of carbonyl (C=O) groups is 2. The highest BCUT2D eigenvalue weighted by Gasteiger charge is 2.33. The lowest BCUT2D eigenvalue weighted by atomic mass is 9.89. The highest BCUT2D eigenvalue weighted by atomic mass is 35.5. The first-order chi connectivity index (χ1) is 12.7. The predicted molar refractivity (Wildman–Crippen MR) is 94.3 cm³/mol. The molecule has 27 heavy (non-hydrogen) atoms. The molecule has 0 bridgehead atoms. The van der Waals surface area contributed by atoms with E-state index >= 15 is 0 Å². The lowest BCUT2D eigenvalue weighted by Gasteiger charge is -2.29. The van der Waals surface area contributed by atoms with Crippen LogP contribution in [0, 0.1) is 0 Å². The first kappa shape index (κ1) is 19.0. The number of rotatable bonds is 3. The maximum absolute atomic E-state index is 13.0. The van der Waals surface area contributed by atoms with Crippen molar-refractivity contribution < 1.29 is 22.8 Å². The Labute approximate surface area is 158 Å². The summed E-state index contributed by atoms with van der Waals surface area (Å²) in [6.07, 6.45) is -4.47. The number of allylic oxidation sites excluding steroid dienone is 1. The minimum Gasteiger partial charge on any atom is -0.327 e. The average Bonchev–Trinajstić information content (AvgIpc) is 2.60. The highest BCUT2D eigenvalue weighted by Crippen LogP contribution is 2.33. The van der Waals surface area contributed by atoms with E-state index < -0.39 is 23.8 Å². The van der Waals surface area contributed by atoms with E-state index in [2.05, 4.69) is 10.6 Å². The van der Waals surface area contributed by atoms with E-state index in [-0.39, 0.29) is 11.4 Å². The van der Waals surface area contributed by atoms with Gasteiger partial charge in [0.05, 0.1) is 11.6 Å². The lowest BCUT2D eigenvalue weighted by Crippen LogP contribution is -2.45. The summed E-state index contributed by atoms with van der Waals surface area (Å²) < 4.78 is 38.4. The molecule has 140 valence electrons. The first-order valence-electron chi connectivity index (χ1n) is 7.92. The average molecular weight is 395 g/mol. The number of nitrogens with one attached hydrogen (secondary N) is 2. The zero-order valence-corrected chi connectivity index (χ0v) is 14.8. The number of ketones is 1. The SMILES string of the molecule is CC1=C(C(=O)c2ccc(Cl)cc2)[C@@H](c2ccc(C(F)(F)F)cc2)NC(=O)N1. The van der Waals surface area contributed by atoms with E-state index in [0.717, 1.165) is 12.1 Å². The van der Waals surface area contributed by atoms with E-state index in [1.807, 2.05) is 0 Å². The zero-order chi connectivity index (χ0) is 19.8. The van der Waals surface area contributed by atoms with Crippen LogP contribution in [0.5, 0.6) is 0 Å². The Bertz CT molecular complexity index is 919. The van der Waals surface area contributed by atoms with E-state index in [1.165, 1.54) is 12.1 Å². The number of amides is 2. The summed E-state index contributed by atoms with van der Waals surface area (Å²) in [7, 11) is 0. The van der Waals surface area contributed by atoms with Crippen LogP contribution in [0.3, 0.4) is 0 Å². The summed E-state index contributed by atoms with van der Waals surface area (Å²) in [5, 5.41) is 5.59. The third kappa shape index (κ3) is 3.98. The third-order valence-electron chi connectivity index (χ3n) is 4.19. The number of Topliss-reactive ketones (excluding diaryl/α,β-unsaturated/α-hetero) is 1. The third-order valence-corrected chi connectivity index (χ3v) is 4.44. The molecule has 3 rings (SSSR count). The molecule has 2 N–H and O–H groups in total. The molecule has 0 saturated heterocycles. The summed E-state index contributed by atoms with van der Waals surface area (Å²) in [6.45, 7) is 1.57. The molecule has 2 aromatic rings. The van der Waals surface area contributed by atoms with Gasteiger partial charge in [-0.3, -0.25) is 4.79 Å². The number of alkyl halides is 3. The standard InChI is InChI=1S/C19H14ClF3N2O2/c1-10-15(17(26)12-4-8-14(20)9-5-12)16(25-18(27)24-10)11-2-6-13(7-3-11)19(21,22)23/h2-9,16H,1H3,(H2,24,25,27)/t16-/m1/s1. The molecule has 0 saturated carbocycles. The highest BCUT2D eigenvalue weighted by molar-refractivity contribution is 6.30. The summed E-state index contributed by atoms with van der Waals surface area (Å²) in [5.74, 6) is -0.360.